The number of rotatable bonds is 4. The highest BCUT2D eigenvalue weighted by Crippen LogP contribution is 2.30. The van der Waals surface area contributed by atoms with Crippen molar-refractivity contribution < 1.29 is 13.2 Å². The Labute approximate surface area is 177 Å². The third-order valence-corrected chi connectivity index (χ3v) is 7.00. The van der Waals surface area contributed by atoms with Crippen molar-refractivity contribution in [2.75, 3.05) is 16.2 Å². The number of carbonyl (C=O) groups excluding carboxylic acids is 1. The van der Waals surface area contributed by atoms with Gasteiger partial charge in [-0.25, -0.2) is 8.42 Å². The van der Waals surface area contributed by atoms with Gasteiger partial charge in [-0.1, -0.05) is 36.4 Å². The molecule has 1 aliphatic rings. The lowest BCUT2D eigenvalue weighted by Crippen LogP contribution is -2.29. The molecule has 1 aliphatic heterocycles. The third kappa shape index (κ3) is 3.71. The second-order valence-electron chi connectivity index (χ2n) is 7.74. The first kappa shape index (κ1) is 20.2. The molecule has 0 aliphatic carbocycles. The van der Waals surface area contributed by atoms with Crippen LogP contribution in [-0.4, -0.2) is 20.9 Å². The van der Waals surface area contributed by atoms with Gasteiger partial charge in [-0.3, -0.25) is 9.52 Å². The third-order valence-electron chi connectivity index (χ3n) is 5.49. The minimum atomic E-state index is -3.84. The van der Waals surface area contributed by atoms with Crippen molar-refractivity contribution in [3.05, 3.63) is 88.5 Å². The largest absolute Gasteiger partial charge is 0.308 e. The molecule has 0 atom stereocenters. The van der Waals surface area contributed by atoms with Gasteiger partial charge in [0, 0.05) is 17.8 Å². The number of benzene rings is 3. The summed E-state index contributed by atoms with van der Waals surface area (Å²) in [4.78, 5) is 15.0. The van der Waals surface area contributed by atoms with Crippen molar-refractivity contribution in [1.29, 1.82) is 0 Å². The maximum Gasteiger partial charge on any atom is 0.262 e. The average Bonchev–Trinajstić information content (AvgIpc) is 3.14. The summed E-state index contributed by atoms with van der Waals surface area (Å²) in [5, 5.41) is 0. The summed E-state index contributed by atoms with van der Waals surface area (Å²) >= 11 is 0. The molecule has 1 amide bonds. The number of fused-ring (bicyclic) bond motifs is 1. The van der Waals surface area contributed by atoms with Crippen LogP contribution in [0.1, 0.15) is 32.6 Å². The minimum Gasteiger partial charge on any atom is -0.308 e. The summed E-state index contributed by atoms with van der Waals surface area (Å²) < 4.78 is 29.0. The number of hydrogen-bond acceptors (Lipinski definition) is 3. The van der Waals surface area contributed by atoms with Gasteiger partial charge in [0.1, 0.15) is 0 Å². The molecule has 3 aromatic carbocycles. The summed E-state index contributed by atoms with van der Waals surface area (Å²) in [7, 11) is -3.84. The molecule has 6 heteroatoms. The average molecular weight is 421 g/mol. The van der Waals surface area contributed by atoms with Gasteiger partial charge in [-0.15, -0.1) is 0 Å². The summed E-state index contributed by atoms with van der Waals surface area (Å²) in [5.74, 6) is -0.192. The van der Waals surface area contributed by atoms with E-state index in [4.69, 9.17) is 0 Å². The molecule has 154 valence electrons. The molecular formula is C24H24N2O3S. The standard InChI is InChI=1S/C24H24N2O3S/c1-16-8-9-17(2)21(14-16)25-30(28,29)23-15-20(11-10-18(23)3)24(27)26-13-12-19-6-4-5-7-22(19)26/h4-11,14-15,25H,12-13H2,1-3H3. The molecular weight excluding hydrogens is 396 g/mol. The first-order valence-corrected chi connectivity index (χ1v) is 11.3. The number of anilines is 2. The Balaban J connectivity index is 1.68. The van der Waals surface area contributed by atoms with Crippen LogP contribution >= 0.6 is 0 Å². The number of nitrogens with zero attached hydrogens (tertiary/aromatic N) is 1. The van der Waals surface area contributed by atoms with E-state index in [2.05, 4.69) is 4.72 Å². The van der Waals surface area contributed by atoms with E-state index in [0.29, 0.717) is 23.4 Å². The maximum absolute atomic E-state index is 13.2. The number of hydrogen-bond donors (Lipinski definition) is 1. The number of aryl methyl sites for hydroxylation is 3. The van der Waals surface area contributed by atoms with Crippen molar-refractivity contribution in [3.8, 4) is 0 Å². The van der Waals surface area contributed by atoms with Gasteiger partial charge in [0.05, 0.1) is 10.6 Å². The van der Waals surface area contributed by atoms with Crippen molar-refractivity contribution in [2.45, 2.75) is 32.1 Å². The lowest BCUT2D eigenvalue weighted by atomic mass is 10.1. The molecule has 3 aromatic rings. The second kappa shape index (κ2) is 7.61. The van der Waals surface area contributed by atoms with E-state index in [-0.39, 0.29) is 10.8 Å². The van der Waals surface area contributed by atoms with E-state index >= 15 is 0 Å². The van der Waals surface area contributed by atoms with Gasteiger partial charge in [0.15, 0.2) is 0 Å². The molecule has 0 saturated heterocycles. The Morgan fingerprint density at radius 3 is 2.47 bits per heavy atom. The number of nitrogens with one attached hydrogen (secondary N) is 1. The Hall–Kier alpha value is -3.12. The van der Waals surface area contributed by atoms with E-state index in [9.17, 15) is 13.2 Å². The van der Waals surface area contributed by atoms with Gasteiger partial charge in [-0.2, -0.15) is 0 Å². The summed E-state index contributed by atoms with van der Waals surface area (Å²) in [6, 6.07) is 18.3. The zero-order chi connectivity index (χ0) is 21.5. The van der Waals surface area contributed by atoms with Gasteiger partial charge in [-0.05, 0) is 73.7 Å². The number of carbonyl (C=O) groups is 1. The first-order chi connectivity index (χ1) is 14.3. The zero-order valence-corrected chi connectivity index (χ0v) is 18.1. The van der Waals surface area contributed by atoms with Gasteiger partial charge in [0.25, 0.3) is 15.9 Å². The van der Waals surface area contributed by atoms with Crippen LogP contribution < -0.4 is 9.62 Å². The van der Waals surface area contributed by atoms with Crippen LogP contribution in [0.2, 0.25) is 0 Å². The van der Waals surface area contributed by atoms with Crippen LogP contribution in [0.3, 0.4) is 0 Å². The molecule has 1 heterocycles. The first-order valence-electron chi connectivity index (χ1n) is 9.87. The van der Waals surface area contributed by atoms with Gasteiger partial charge >= 0.3 is 0 Å². The Kier molecular flexibility index (Phi) is 5.12. The SMILES string of the molecule is Cc1ccc(C)c(NS(=O)(=O)c2cc(C(=O)N3CCc4ccccc43)ccc2C)c1. The van der Waals surface area contributed by atoms with E-state index in [0.717, 1.165) is 28.8 Å². The number of sulfonamides is 1. The lowest BCUT2D eigenvalue weighted by Gasteiger charge is -2.19. The monoisotopic (exact) mass is 420 g/mol. The lowest BCUT2D eigenvalue weighted by molar-refractivity contribution is 0.0989. The normalized spacial score (nSPS) is 13.2. The summed E-state index contributed by atoms with van der Waals surface area (Å²) in [6.45, 7) is 6.09. The predicted molar refractivity (Wildman–Crippen MR) is 120 cm³/mol. The number of para-hydroxylation sites is 1. The topological polar surface area (TPSA) is 66.5 Å². The Bertz CT molecular complexity index is 1250. The molecule has 0 aromatic heterocycles. The van der Waals surface area contributed by atoms with Crippen LogP contribution in [-0.2, 0) is 16.4 Å². The van der Waals surface area contributed by atoms with E-state index in [1.54, 1.807) is 30.0 Å². The van der Waals surface area contributed by atoms with Gasteiger partial charge in [0.2, 0.25) is 0 Å². The zero-order valence-electron chi connectivity index (χ0n) is 17.3. The highest BCUT2D eigenvalue weighted by molar-refractivity contribution is 7.92. The fourth-order valence-corrected chi connectivity index (χ4v) is 5.17. The van der Waals surface area contributed by atoms with Crippen LogP contribution in [0.15, 0.2) is 65.6 Å². The fraction of sp³-hybridized carbons (Fsp3) is 0.208. The Morgan fingerprint density at radius 2 is 1.67 bits per heavy atom. The van der Waals surface area contributed by atoms with Crippen LogP contribution in [0.4, 0.5) is 11.4 Å². The highest BCUT2D eigenvalue weighted by Gasteiger charge is 2.27. The van der Waals surface area contributed by atoms with Crippen LogP contribution in [0.25, 0.3) is 0 Å². The molecule has 0 spiro atoms. The molecule has 30 heavy (non-hydrogen) atoms. The van der Waals surface area contributed by atoms with E-state index < -0.39 is 10.0 Å². The highest BCUT2D eigenvalue weighted by atomic mass is 32.2. The molecule has 0 saturated carbocycles. The molecule has 1 N–H and O–H groups in total. The smallest absolute Gasteiger partial charge is 0.262 e. The minimum absolute atomic E-state index is 0.113. The van der Waals surface area contributed by atoms with Gasteiger partial charge < -0.3 is 4.90 Å². The van der Waals surface area contributed by atoms with Crippen molar-refractivity contribution in [1.82, 2.24) is 0 Å². The van der Waals surface area contributed by atoms with E-state index in [1.807, 2.05) is 50.2 Å². The number of amides is 1. The predicted octanol–water partition coefficient (Wildman–Crippen LogP) is 4.62. The second-order valence-corrected chi connectivity index (χ2v) is 9.39. The van der Waals surface area contributed by atoms with Crippen LogP contribution in [0.5, 0.6) is 0 Å². The summed E-state index contributed by atoms with van der Waals surface area (Å²) in [6.07, 6.45) is 0.799. The summed E-state index contributed by atoms with van der Waals surface area (Å²) in [5.41, 5.74) is 5.31. The molecule has 5 nitrogen and oxygen atoms in total. The molecule has 0 unspecified atom stereocenters. The fourth-order valence-electron chi connectivity index (χ4n) is 3.77. The van der Waals surface area contributed by atoms with Crippen molar-refractivity contribution in [3.63, 3.8) is 0 Å². The van der Waals surface area contributed by atoms with Crippen molar-refractivity contribution in [2.24, 2.45) is 0 Å². The molecule has 4 rings (SSSR count). The quantitative estimate of drug-likeness (QED) is 0.670. The van der Waals surface area contributed by atoms with E-state index in [1.165, 1.54) is 6.07 Å². The van der Waals surface area contributed by atoms with Crippen LogP contribution in [0, 0.1) is 20.8 Å². The maximum atomic E-state index is 13.2. The molecule has 0 bridgehead atoms. The molecule has 0 fully saturated rings. The Morgan fingerprint density at radius 1 is 0.933 bits per heavy atom. The molecule has 0 radical (unpaired) electrons. The van der Waals surface area contributed by atoms with Crippen molar-refractivity contribution >= 4 is 27.3 Å².